The summed E-state index contributed by atoms with van der Waals surface area (Å²) >= 11 is 0. The zero-order valence-corrected chi connectivity index (χ0v) is 11.4. The van der Waals surface area contributed by atoms with Gasteiger partial charge in [-0.05, 0) is 11.5 Å². The van der Waals surface area contributed by atoms with Crippen molar-refractivity contribution in [1.29, 1.82) is 0 Å². The first kappa shape index (κ1) is 13.1. The molecule has 2 rings (SSSR count). The van der Waals surface area contributed by atoms with Crippen molar-refractivity contribution in [3.05, 3.63) is 35.9 Å². The first-order valence-corrected chi connectivity index (χ1v) is 7.64. The number of carbonyl (C=O) groups excluding carboxylic acids is 1. The zero-order valence-electron chi connectivity index (χ0n) is 10.5. The average Bonchev–Trinajstić information content (AvgIpc) is 2.54. The van der Waals surface area contributed by atoms with Gasteiger partial charge in [0.05, 0.1) is 5.75 Å². The summed E-state index contributed by atoms with van der Waals surface area (Å²) in [5.41, 5.74) is 0.952. The molecule has 1 fully saturated rings. The lowest BCUT2D eigenvalue weighted by Crippen LogP contribution is -2.36. The van der Waals surface area contributed by atoms with Gasteiger partial charge in [0.2, 0.25) is 9.84 Å². The van der Waals surface area contributed by atoms with Gasteiger partial charge in [-0.1, -0.05) is 44.2 Å². The van der Waals surface area contributed by atoms with Crippen molar-refractivity contribution < 1.29 is 13.2 Å². The minimum Gasteiger partial charge on any atom is -0.321 e. The molecular formula is C13H17NO3S. The van der Waals surface area contributed by atoms with Crippen LogP contribution in [0.25, 0.3) is 0 Å². The molecule has 1 aromatic rings. The highest BCUT2D eigenvalue weighted by Gasteiger charge is 2.44. The molecule has 1 aromatic carbocycles. The Hall–Kier alpha value is -1.36. The fraction of sp³-hybridized carbons (Fsp3) is 0.462. The lowest BCUT2D eigenvalue weighted by molar-refractivity contribution is 0.190. The molecule has 1 amide bonds. The summed E-state index contributed by atoms with van der Waals surface area (Å²) in [4.78, 5) is 13.4. The van der Waals surface area contributed by atoms with Crippen molar-refractivity contribution in [1.82, 2.24) is 4.90 Å². The molecule has 0 saturated carbocycles. The van der Waals surface area contributed by atoms with Crippen molar-refractivity contribution in [3.8, 4) is 0 Å². The summed E-state index contributed by atoms with van der Waals surface area (Å²) in [7, 11) is -3.60. The number of amides is 1. The summed E-state index contributed by atoms with van der Waals surface area (Å²) in [6.45, 7) is 4.25. The molecular weight excluding hydrogens is 250 g/mol. The molecule has 1 unspecified atom stereocenters. The second-order valence-electron chi connectivity index (χ2n) is 4.97. The summed E-state index contributed by atoms with van der Waals surface area (Å²) < 4.78 is 23.4. The van der Waals surface area contributed by atoms with Crippen LogP contribution in [-0.4, -0.2) is 30.4 Å². The van der Waals surface area contributed by atoms with E-state index in [0.29, 0.717) is 6.54 Å². The molecule has 98 valence electrons. The van der Waals surface area contributed by atoms with Gasteiger partial charge in [0.25, 0.3) is 0 Å². The van der Waals surface area contributed by atoms with Crippen LogP contribution in [0, 0.1) is 5.92 Å². The Morgan fingerprint density at radius 2 is 1.89 bits per heavy atom. The van der Waals surface area contributed by atoms with Gasteiger partial charge in [0, 0.05) is 12.6 Å². The van der Waals surface area contributed by atoms with E-state index in [2.05, 4.69) is 0 Å². The molecule has 1 saturated heterocycles. The normalized spacial score (nSPS) is 22.7. The first-order valence-electron chi connectivity index (χ1n) is 5.99. The molecule has 5 heteroatoms. The van der Waals surface area contributed by atoms with E-state index in [4.69, 9.17) is 0 Å². The van der Waals surface area contributed by atoms with Crippen LogP contribution in [-0.2, 0) is 16.4 Å². The predicted molar refractivity (Wildman–Crippen MR) is 69.8 cm³/mol. The maximum Gasteiger partial charge on any atom is 0.339 e. The molecule has 4 nitrogen and oxygen atoms in total. The van der Waals surface area contributed by atoms with E-state index in [1.54, 1.807) is 0 Å². The smallest absolute Gasteiger partial charge is 0.321 e. The SMILES string of the molecule is CC(C)C1CS(=O)(=O)C(=O)N1Cc1ccccc1. The third kappa shape index (κ3) is 2.41. The number of carbonyl (C=O) groups is 1. The Morgan fingerprint density at radius 1 is 1.28 bits per heavy atom. The molecule has 0 aliphatic carbocycles. The Morgan fingerprint density at radius 3 is 2.44 bits per heavy atom. The van der Waals surface area contributed by atoms with Gasteiger partial charge in [0.15, 0.2) is 0 Å². The van der Waals surface area contributed by atoms with Crippen LogP contribution >= 0.6 is 0 Å². The van der Waals surface area contributed by atoms with Crippen LogP contribution in [0.2, 0.25) is 0 Å². The summed E-state index contributed by atoms with van der Waals surface area (Å²) in [6, 6.07) is 9.24. The summed E-state index contributed by atoms with van der Waals surface area (Å²) in [6.07, 6.45) is 0. The highest BCUT2D eigenvalue weighted by Crippen LogP contribution is 2.26. The second-order valence-corrected chi connectivity index (χ2v) is 6.88. The van der Waals surface area contributed by atoms with E-state index in [1.165, 1.54) is 4.90 Å². The molecule has 0 bridgehead atoms. The highest BCUT2D eigenvalue weighted by molar-refractivity contribution is 8.06. The first-order chi connectivity index (χ1) is 8.42. The maximum absolute atomic E-state index is 11.9. The molecule has 0 radical (unpaired) electrons. The zero-order chi connectivity index (χ0) is 13.3. The molecule has 1 atom stereocenters. The van der Waals surface area contributed by atoms with Crippen molar-refractivity contribution in [2.45, 2.75) is 26.4 Å². The number of sulfone groups is 1. The van der Waals surface area contributed by atoms with Gasteiger partial charge in [-0.25, -0.2) is 8.42 Å². The van der Waals surface area contributed by atoms with Crippen LogP contribution in [0.1, 0.15) is 19.4 Å². The van der Waals surface area contributed by atoms with Crippen LogP contribution in [0.3, 0.4) is 0 Å². The summed E-state index contributed by atoms with van der Waals surface area (Å²) in [5.74, 6) is 0.0750. The molecule has 1 aliphatic heterocycles. The van der Waals surface area contributed by atoms with E-state index in [9.17, 15) is 13.2 Å². The van der Waals surface area contributed by atoms with E-state index >= 15 is 0 Å². The van der Waals surface area contributed by atoms with Gasteiger partial charge in [-0.2, -0.15) is 0 Å². The highest BCUT2D eigenvalue weighted by atomic mass is 32.2. The number of rotatable bonds is 3. The fourth-order valence-corrected chi connectivity index (χ4v) is 3.93. The van der Waals surface area contributed by atoms with Crippen LogP contribution < -0.4 is 0 Å². The monoisotopic (exact) mass is 267 g/mol. The minimum absolute atomic E-state index is 0.0592. The standard InChI is InChI=1S/C13H17NO3S/c1-10(2)12-9-18(16,17)13(15)14(12)8-11-6-4-3-5-7-11/h3-7,10,12H,8-9H2,1-2H3. The van der Waals surface area contributed by atoms with Crippen LogP contribution in [0.4, 0.5) is 4.79 Å². The number of benzene rings is 1. The third-order valence-electron chi connectivity index (χ3n) is 3.26. The van der Waals surface area contributed by atoms with Gasteiger partial charge < -0.3 is 4.90 Å². The summed E-state index contributed by atoms with van der Waals surface area (Å²) in [5, 5.41) is -0.731. The molecule has 0 spiro atoms. The quantitative estimate of drug-likeness (QED) is 0.842. The van der Waals surface area contributed by atoms with Crippen molar-refractivity contribution in [2.24, 2.45) is 5.92 Å². The van der Waals surface area contributed by atoms with E-state index in [0.717, 1.165) is 5.56 Å². The van der Waals surface area contributed by atoms with E-state index < -0.39 is 15.1 Å². The van der Waals surface area contributed by atoms with E-state index in [1.807, 2.05) is 44.2 Å². The molecule has 0 aromatic heterocycles. The number of hydrogen-bond donors (Lipinski definition) is 0. The number of nitrogens with zero attached hydrogens (tertiary/aromatic N) is 1. The van der Waals surface area contributed by atoms with Crippen molar-refractivity contribution in [3.63, 3.8) is 0 Å². The van der Waals surface area contributed by atoms with Gasteiger partial charge in [0.1, 0.15) is 0 Å². The lowest BCUT2D eigenvalue weighted by Gasteiger charge is -2.26. The van der Waals surface area contributed by atoms with E-state index in [-0.39, 0.29) is 17.7 Å². The minimum atomic E-state index is -3.60. The Bertz CT molecular complexity index is 537. The fourth-order valence-electron chi connectivity index (χ4n) is 2.21. The van der Waals surface area contributed by atoms with Crippen LogP contribution in [0.5, 0.6) is 0 Å². The van der Waals surface area contributed by atoms with Gasteiger partial charge >= 0.3 is 5.24 Å². The average molecular weight is 267 g/mol. The predicted octanol–water partition coefficient (Wildman–Crippen LogP) is 2.06. The molecule has 18 heavy (non-hydrogen) atoms. The van der Waals surface area contributed by atoms with Gasteiger partial charge in [-0.15, -0.1) is 0 Å². The largest absolute Gasteiger partial charge is 0.339 e. The molecule has 1 heterocycles. The number of hydrogen-bond acceptors (Lipinski definition) is 3. The topological polar surface area (TPSA) is 54.5 Å². The van der Waals surface area contributed by atoms with Crippen molar-refractivity contribution in [2.75, 3.05) is 5.75 Å². The van der Waals surface area contributed by atoms with Crippen molar-refractivity contribution >= 4 is 15.1 Å². The third-order valence-corrected chi connectivity index (χ3v) is 4.80. The Balaban J connectivity index is 2.27. The Labute approximate surface area is 108 Å². The second kappa shape index (κ2) is 4.72. The van der Waals surface area contributed by atoms with Crippen LogP contribution in [0.15, 0.2) is 30.3 Å². The lowest BCUT2D eigenvalue weighted by atomic mass is 10.0. The maximum atomic E-state index is 11.9. The molecule has 0 N–H and O–H groups in total. The van der Waals surface area contributed by atoms with Gasteiger partial charge in [-0.3, -0.25) is 4.79 Å². The molecule has 1 aliphatic rings. The Kier molecular flexibility index (Phi) is 3.43.